The van der Waals surface area contributed by atoms with Gasteiger partial charge < -0.3 is 0 Å². The minimum absolute atomic E-state index is 0.532. The maximum Gasteiger partial charge on any atom is 0.270 e. The molecule has 0 aliphatic carbocycles. The Morgan fingerprint density at radius 1 is 1.36 bits per heavy atom. The summed E-state index contributed by atoms with van der Waals surface area (Å²) in [5, 5.41) is 7.89. The van der Waals surface area contributed by atoms with Gasteiger partial charge in [0.25, 0.3) is 5.95 Å². The highest BCUT2D eigenvalue weighted by atomic mass is 15.4. The molecule has 0 fully saturated rings. The van der Waals surface area contributed by atoms with Crippen LogP contribution in [0.4, 0.5) is 0 Å². The van der Waals surface area contributed by atoms with Crippen molar-refractivity contribution in [3.8, 4) is 5.95 Å². The Labute approximate surface area is 62.5 Å². The van der Waals surface area contributed by atoms with E-state index < -0.39 is 0 Å². The molecule has 0 amide bonds. The van der Waals surface area contributed by atoms with E-state index in [4.69, 9.17) is 0 Å². The first-order chi connectivity index (χ1) is 5.36. The molecule has 0 atom stereocenters. The third-order valence-electron chi connectivity index (χ3n) is 1.21. The van der Waals surface area contributed by atoms with Crippen LogP contribution < -0.4 is 0 Å². The van der Waals surface area contributed by atoms with Crippen LogP contribution in [-0.2, 0) is 7.05 Å². The predicted molar refractivity (Wildman–Crippen MR) is 35.9 cm³/mol. The summed E-state index contributed by atoms with van der Waals surface area (Å²) in [6.45, 7) is 0. The summed E-state index contributed by atoms with van der Waals surface area (Å²) in [7, 11) is 1.80. The van der Waals surface area contributed by atoms with Gasteiger partial charge in [0, 0.05) is 7.05 Å². The van der Waals surface area contributed by atoms with Gasteiger partial charge in [-0.25, -0.2) is 4.98 Å². The molecule has 0 unspecified atom stereocenters. The van der Waals surface area contributed by atoms with Crippen molar-refractivity contribution in [2.75, 3.05) is 0 Å². The largest absolute Gasteiger partial charge is 0.270 e. The van der Waals surface area contributed by atoms with Gasteiger partial charge >= 0.3 is 0 Å². The Balaban J connectivity index is 2.45. The lowest BCUT2D eigenvalue weighted by atomic mass is 11.0. The van der Waals surface area contributed by atoms with Crippen LogP contribution in [0.25, 0.3) is 5.95 Å². The Morgan fingerprint density at radius 3 is 2.82 bits per heavy atom. The number of aromatic nitrogens is 6. The molecular formula is C5H6N6. The summed E-state index contributed by atoms with van der Waals surface area (Å²) in [6, 6.07) is 0. The Kier molecular flexibility index (Phi) is 1.18. The van der Waals surface area contributed by atoms with Crippen molar-refractivity contribution >= 4 is 0 Å². The Morgan fingerprint density at radius 2 is 2.27 bits per heavy atom. The second kappa shape index (κ2) is 2.15. The van der Waals surface area contributed by atoms with Crippen LogP contribution in [0.3, 0.4) is 0 Å². The first-order valence-corrected chi connectivity index (χ1v) is 3.07. The minimum atomic E-state index is 0.532. The summed E-state index contributed by atoms with van der Waals surface area (Å²) < 4.78 is 3.11. The van der Waals surface area contributed by atoms with Gasteiger partial charge in [-0.3, -0.25) is 4.68 Å². The van der Waals surface area contributed by atoms with E-state index in [0.717, 1.165) is 0 Å². The number of rotatable bonds is 1. The molecule has 56 valence electrons. The molecule has 11 heavy (non-hydrogen) atoms. The topological polar surface area (TPSA) is 61.4 Å². The first-order valence-electron chi connectivity index (χ1n) is 3.07. The summed E-state index contributed by atoms with van der Waals surface area (Å²) in [6.07, 6.45) is 4.60. The molecule has 0 saturated heterocycles. The summed E-state index contributed by atoms with van der Waals surface area (Å²) in [5.74, 6) is 0.532. The molecule has 6 heteroatoms. The molecule has 2 heterocycles. The molecule has 0 aliphatic heterocycles. The molecule has 0 aromatic carbocycles. The zero-order valence-corrected chi connectivity index (χ0v) is 5.92. The zero-order chi connectivity index (χ0) is 7.68. The second-order valence-corrected chi connectivity index (χ2v) is 2.06. The summed E-state index contributed by atoms with van der Waals surface area (Å²) in [5.41, 5.74) is 0. The van der Waals surface area contributed by atoms with E-state index in [1.807, 2.05) is 0 Å². The molecule has 0 spiro atoms. The fraction of sp³-hybridized carbons (Fsp3) is 0.200. The maximum absolute atomic E-state index is 4.02. The molecule has 2 rings (SSSR count). The molecule has 2 aromatic rings. The maximum atomic E-state index is 4.02. The average molecular weight is 150 g/mol. The van der Waals surface area contributed by atoms with Crippen LogP contribution in [0.15, 0.2) is 19.0 Å². The van der Waals surface area contributed by atoms with Crippen LogP contribution in [0.1, 0.15) is 0 Å². The highest BCUT2D eigenvalue weighted by Crippen LogP contribution is 1.92. The Bertz CT molecular complexity index is 333. The monoisotopic (exact) mass is 150 g/mol. The lowest BCUT2D eigenvalue weighted by Gasteiger charge is -1.88. The molecular weight excluding hydrogens is 144 g/mol. The zero-order valence-electron chi connectivity index (χ0n) is 5.92. The van der Waals surface area contributed by atoms with Crippen LogP contribution in [0, 0.1) is 0 Å². The lowest BCUT2D eigenvalue weighted by molar-refractivity contribution is 0.730. The van der Waals surface area contributed by atoms with Crippen molar-refractivity contribution in [3.05, 3.63) is 19.0 Å². The highest BCUT2D eigenvalue weighted by molar-refractivity contribution is 5.01. The molecule has 0 radical (unpaired) electrons. The van der Waals surface area contributed by atoms with E-state index in [1.165, 1.54) is 11.0 Å². The van der Waals surface area contributed by atoms with Crippen molar-refractivity contribution in [2.45, 2.75) is 0 Å². The molecule has 6 nitrogen and oxygen atoms in total. The molecule has 0 saturated carbocycles. The van der Waals surface area contributed by atoms with E-state index in [0.29, 0.717) is 5.95 Å². The average Bonchev–Trinajstić information content (AvgIpc) is 2.55. The second-order valence-electron chi connectivity index (χ2n) is 2.06. The fourth-order valence-corrected chi connectivity index (χ4v) is 0.744. The molecule has 2 aromatic heterocycles. The lowest BCUT2D eigenvalue weighted by Crippen LogP contribution is -1.98. The number of hydrogen-bond donors (Lipinski definition) is 0. The van der Waals surface area contributed by atoms with Gasteiger partial charge in [-0.2, -0.15) is 14.8 Å². The SMILES string of the molecule is Cn1cnc(-n2cncn2)n1. The van der Waals surface area contributed by atoms with E-state index >= 15 is 0 Å². The highest BCUT2D eigenvalue weighted by Gasteiger charge is 1.99. The van der Waals surface area contributed by atoms with Gasteiger partial charge in [0.15, 0.2) is 0 Å². The first kappa shape index (κ1) is 6.02. The molecule has 0 N–H and O–H groups in total. The van der Waals surface area contributed by atoms with Gasteiger partial charge in [0.05, 0.1) is 0 Å². The quantitative estimate of drug-likeness (QED) is 0.544. The van der Waals surface area contributed by atoms with Crippen molar-refractivity contribution in [3.63, 3.8) is 0 Å². The van der Waals surface area contributed by atoms with E-state index in [9.17, 15) is 0 Å². The van der Waals surface area contributed by atoms with E-state index in [1.54, 1.807) is 24.4 Å². The van der Waals surface area contributed by atoms with Gasteiger partial charge in [0.1, 0.15) is 19.0 Å². The minimum Gasteiger partial charge on any atom is -0.254 e. The van der Waals surface area contributed by atoms with Crippen LogP contribution in [-0.4, -0.2) is 29.5 Å². The standard InChI is InChI=1S/C5H6N6/c1-10-4-7-5(9-10)11-3-6-2-8-11/h2-4H,1H3. The van der Waals surface area contributed by atoms with Crippen molar-refractivity contribution in [2.24, 2.45) is 7.05 Å². The van der Waals surface area contributed by atoms with Crippen LogP contribution >= 0.6 is 0 Å². The van der Waals surface area contributed by atoms with Crippen molar-refractivity contribution < 1.29 is 0 Å². The number of aryl methyl sites for hydroxylation is 1. The fourth-order valence-electron chi connectivity index (χ4n) is 0.744. The summed E-state index contributed by atoms with van der Waals surface area (Å²) >= 11 is 0. The van der Waals surface area contributed by atoms with Gasteiger partial charge in [-0.05, 0) is 0 Å². The molecule has 0 aliphatic rings. The van der Waals surface area contributed by atoms with Crippen LogP contribution in [0.2, 0.25) is 0 Å². The van der Waals surface area contributed by atoms with Crippen molar-refractivity contribution in [1.82, 2.24) is 29.5 Å². The predicted octanol–water partition coefficient (Wildman–Crippen LogP) is -0.604. The number of hydrogen-bond acceptors (Lipinski definition) is 4. The number of nitrogens with zero attached hydrogens (tertiary/aromatic N) is 6. The van der Waals surface area contributed by atoms with Gasteiger partial charge in [-0.15, -0.1) is 5.10 Å². The van der Waals surface area contributed by atoms with Gasteiger partial charge in [-0.1, -0.05) is 0 Å². The van der Waals surface area contributed by atoms with Gasteiger partial charge in [0.2, 0.25) is 0 Å². The van der Waals surface area contributed by atoms with E-state index in [-0.39, 0.29) is 0 Å². The van der Waals surface area contributed by atoms with Crippen molar-refractivity contribution in [1.29, 1.82) is 0 Å². The Hall–Kier alpha value is -1.72. The van der Waals surface area contributed by atoms with Crippen LogP contribution in [0.5, 0.6) is 0 Å². The third-order valence-corrected chi connectivity index (χ3v) is 1.21. The smallest absolute Gasteiger partial charge is 0.254 e. The summed E-state index contributed by atoms with van der Waals surface area (Å²) in [4.78, 5) is 7.74. The normalized spacial score (nSPS) is 10.3. The molecule has 0 bridgehead atoms. The van der Waals surface area contributed by atoms with E-state index in [2.05, 4.69) is 20.2 Å². The third kappa shape index (κ3) is 0.977.